The van der Waals surface area contributed by atoms with Crippen molar-refractivity contribution in [1.29, 1.82) is 0 Å². The van der Waals surface area contributed by atoms with Gasteiger partial charge in [0.1, 0.15) is 5.82 Å². The Kier molecular flexibility index (Phi) is 5.67. The van der Waals surface area contributed by atoms with E-state index in [9.17, 15) is 4.79 Å². The molecule has 0 fully saturated rings. The van der Waals surface area contributed by atoms with Gasteiger partial charge in [-0.05, 0) is 32.4 Å². The van der Waals surface area contributed by atoms with Gasteiger partial charge >= 0.3 is 0 Å². The third kappa shape index (κ3) is 3.84. The van der Waals surface area contributed by atoms with E-state index >= 15 is 0 Å². The second kappa shape index (κ2) is 7.05. The molecular weight excluding hydrogens is 212 g/mol. The first kappa shape index (κ1) is 13.7. The zero-order valence-corrected chi connectivity index (χ0v) is 11.0. The van der Waals surface area contributed by atoms with Gasteiger partial charge in [-0.15, -0.1) is 0 Å². The molecule has 1 rings (SSSR count). The van der Waals surface area contributed by atoms with Gasteiger partial charge in [-0.3, -0.25) is 4.79 Å². The summed E-state index contributed by atoms with van der Waals surface area (Å²) >= 11 is 0. The molecule has 0 radical (unpaired) electrons. The van der Waals surface area contributed by atoms with E-state index in [4.69, 9.17) is 0 Å². The van der Waals surface area contributed by atoms with Crippen molar-refractivity contribution in [3.63, 3.8) is 0 Å². The molecule has 0 unspecified atom stereocenters. The summed E-state index contributed by atoms with van der Waals surface area (Å²) in [6.07, 6.45) is 6.19. The number of aromatic nitrogens is 1. The Morgan fingerprint density at radius 1 is 1.41 bits per heavy atom. The lowest BCUT2D eigenvalue weighted by Gasteiger charge is -2.28. The number of nitrogens with zero attached hydrogens (tertiary/aromatic N) is 2. The van der Waals surface area contributed by atoms with E-state index in [1.54, 1.807) is 12.3 Å². The molecule has 0 aliphatic heterocycles. The molecule has 0 aliphatic carbocycles. The van der Waals surface area contributed by atoms with Crippen LogP contribution in [0.4, 0.5) is 5.82 Å². The molecule has 0 spiro atoms. The summed E-state index contributed by atoms with van der Waals surface area (Å²) in [4.78, 5) is 17.6. The van der Waals surface area contributed by atoms with Crippen LogP contribution in [0.25, 0.3) is 0 Å². The van der Waals surface area contributed by atoms with E-state index in [0.29, 0.717) is 11.6 Å². The van der Waals surface area contributed by atoms with E-state index < -0.39 is 0 Å². The number of unbranched alkanes of at least 4 members (excludes halogenated alkanes) is 2. The van der Waals surface area contributed by atoms with Crippen LogP contribution in [-0.4, -0.2) is 23.9 Å². The Labute approximate surface area is 104 Å². The summed E-state index contributed by atoms with van der Waals surface area (Å²) in [5, 5.41) is 0. The minimum atomic E-state index is 0.362. The van der Waals surface area contributed by atoms with E-state index in [1.165, 1.54) is 12.8 Å². The van der Waals surface area contributed by atoms with Crippen LogP contribution >= 0.6 is 0 Å². The Balaban J connectivity index is 2.85. The number of pyridine rings is 1. The lowest BCUT2D eigenvalue weighted by molar-refractivity contribution is 0.112. The van der Waals surface area contributed by atoms with Gasteiger partial charge in [-0.25, -0.2) is 4.98 Å². The van der Waals surface area contributed by atoms with Crippen LogP contribution in [-0.2, 0) is 0 Å². The Morgan fingerprint density at radius 3 is 2.76 bits per heavy atom. The molecular formula is C14H22N2O. The first-order chi connectivity index (χ1) is 8.20. The predicted octanol–water partition coefficient (Wildman–Crippen LogP) is 3.30. The van der Waals surface area contributed by atoms with Crippen LogP contribution in [0.2, 0.25) is 0 Å². The maximum absolute atomic E-state index is 11.0. The maximum Gasteiger partial charge on any atom is 0.153 e. The molecule has 0 saturated carbocycles. The number of carbonyl (C=O) groups excluding carboxylic acids is 1. The van der Waals surface area contributed by atoms with Crippen LogP contribution in [0.5, 0.6) is 0 Å². The van der Waals surface area contributed by atoms with Crippen molar-refractivity contribution >= 4 is 12.1 Å². The zero-order chi connectivity index (χ0) is 12.7. The zero-order valence-electron chi connectivity index (χ0n) is 11.0. The Bertz CT molecular complexity index is 350. The molecule has 0 atom stereocenters. The molecule has 3 heteroatoms. The lowest BCUT2D eigenvalue weighted by Crippen LogP contribution is -2.33. The molecule has 0 bridgehead atoms. The van der Waals surface area contributed by atoms with Gasteiger partial charge in [-0.2, -0.15) is 0 Å². The summed E-state index contributed by atoms with van der Waals surface area (Å²) in [6, 6.07) is 3.99. The molecule has 0 saturated heterocycles. The van der Waals surface area contributed by atoms with Crippen molar-refractivity contribution in [3.05, 3.63) is 23.9 Å². The van der Waals surface area contributed by atoms with Gasteiger partial charge in [-0.1, -0.05) is 19.8 Å². The second-order valence-corrected chi connectivity index (χ2v) is 4.53. The summed E-state index contributed by atoms with van der Waals surface area (Å²) in [6.45, 7) is 7.42. The van der Waals surface area contributed by atoms with Gasteiger partial charge < -0.3 is 4.90 Å². The maximum atomic E-state index is 11.0. The fourth-order valence-electron chi connectivity index (χ4n) is 1.88. The molecule has 1 aromatic heterocycles. The molecule has 3 nitrogen and oxygen atoms in total. The predicted molar refractivity (Wildman–Crippen MR) is 71.6 cm³/mol. The largest absolute Gasteiger partial charge is 0.354 e. The van der Waals surface area contributed by atoms with Gasteiger partial charge in [0.2, 0.25) is 0 Å². The average Bonchev–Trinajstić information content (AvgIpc) is 2.34. The molecule has 0 N–H and O–H groups in total. The van der Waals surface area contributed by atoms with Crippen LogP contribution in [0.1, 0.15) is 50.4 Å². The molecule has 1 aromatic rings. The SMILES string of the molecule is CCCCCN(c1ncccc1C=O)C(C)C. The molecule has 1 heterocycles. The minimum absolute atomic E-state index is 0.362. The number of hydrogen-bond donors (Lipinski definition) is 0. The van der Waals surface area contributed by atoms with Crippen molar-refractivity contribution in [3.8, 4) is 0 Å². The summed E-state index contributed by atoms with van der Waals surface area (Å²) in [7, 11) is 0. The normalized spacial score (nSPS) is 10.6. The number of anilines is 1. The number of aldehydes is 1. The lowest BCUT2D eigenvalue weighted by atomic mass is 10.2. The molecule has 0 amide bonds. The summed E-state index contributed by atoms with van der Waals surface area (Å²) in [5.74, 6) is 0.814. The van der Waals surface area contributed by atoms with Crippen molar-refractivity contribution in [1.82, 2.24) is 4.98 Å². The highest BCUT2D eigenvalue weighted by Crippen LogP contribution is 2.18. The number of hydrogen-bond acceptors (Lipinski definition) is 3. The van der Waals surface area contributed by atoms with Crippen molar-refractivity contribution in [2.24, 2.45) is 0 Å². The molecule has 0 aliphatic rings. The molecule has 94 valence electrons. The monoisotopic (exact) mass is 234 g/mol. The quantitative estimate of drug-likeness (QED) is 0.536. The minimum Gasteiger partial charge on any atom is -0.354 e. The summed E-state index contributed by atoms with van der Waals surface area (Å²) in [5.41, 5.74) is 0.678. The van der Waals surface area contributed by atoms with Crippen molar-refractivity contribution in [2.75, 3.05) is 11.4 Å². The number of carbonyl (C=O) groups is 1. The smallest absolute Gasteiger partial charge is 0.153 e. The van der Waals surface area contributed by atoms with Crippen LogP contribution in [0, 0.1) is 0 Å². The average molecular weight is 234 g/mol. The Morgan fingerprint density at radius 2 is 2.18 bits per heavy atom. The van der Waals surface area contributed by atoms with Gasteiger partial charge in [0, 0.05) is 18.8 Å². The van der Waals surface area contributed by atoms with Gasteiger partial charge in [0.05, 0.1) is 5.56 Å². The fourth-order valence-corrected chi connectivity index (χ4v) is 1.88. The van der Waals surface area contributed by atoms with E-state index in [-0.39, 0.29) is 0 Å². The third-order valence-electron chi connectivity index (χ3n) is 2.84. The first-order valence-corrected chi connectivity index (χ1v) is 6.37. The van der Waals surface area contributed by atoms with Crippen LogP contribution in [0.15, 0.2) is 18.3 Å². The second-order valence-electron chi connectivity index (χ2n) is 4.53. The standard InChI is InChI=1S/C14H22N2O/c1-4-5-6-10-16(12(2)3)14-13(11-17)8-7-9-15-14/h7-9,11-12H,4-6,10H2,1-3H3. The van der Waals surface area contributed by atoms with Gasteiger partial charge in [0.25, 0.3) is 0 Å². The Hall–Kier alpha value is -1.38. The topological polar surface area (TPSA) is 33.2 Å². The molecule has 17 heavy (non-hydrogen) atoms. The highest BCUT2D eigenvalue weighted by atomic mass is 16.1. The number of rotatable bonds is 7. The van der Waals surface area contributed by atoms with Crippen molar-refractivity contribution in [2.45, 2.75) is 46.1 Å². The third-order valence-corrected chi connectivity index (χ3v) is 2.84. The summed E-state index contributed by atoms with van der Waals surface area (Å²) < 4.78 is 0. The highest BCUT2D eigenvalue weighted by molar-refractivity contribution is 5.82. The van der Waals surface area contributed by atoms with Crippen LogP contribution in [0.3, 0.4) is 0 Å². The van der Waals surface area contributed by atoms with E-state index in [1.807, 2.05) is 6.07 Å². The van der Waals surface area contributed by atoms with Crippen molar-refractivity contribution < 1.29 is 4.79 Å². The highest BCUT2D eigenvalue weighted by Gasteiger charge is 2.14. The first-order valence-electron chi connectivity index (χ1n) is 6.37. The van der Waals surface area contributed by atoms with Crippen LogP contribution < -0.4 is 4.90 Å². The molecule has 0 aromatic carbocycles. The van der Waals surface area contributed by atoms with E-state index in [2.05, 4.69) is 30.7 Å². The fraction of sp³-hybridized carbons (Fsp3) is 0.571. The van der Waals surface area contributed by atoms with E-state index in [0.717, 1.165) is 25.1 Å². The van der Waals surface area contributed by atoms with Gasteiger partial charge in [0.15, 0.2) is 6.29 Å².